The van der Waals surface area contributed by atoms with Gasteiger partial charge in [0.05, 0.1) is 0 Å². The molecule has 80 valence electrons. The van der Waals surface area contributed by atoms with E-state index in [1.807, 2.05) is 7.05 Å². The SMILES string of the molecule is CCCC1=CC/C=C(/C#CNC)CC=C1. The minimum absolute atomic E-state index is 0.954. The predicted molar refractivity (Wildman–Crippen MR) is 66.3 cm³/mol. The molecule has 0 heterocycles. The van der Waals surface area contributed by atoms with E-state index in [0.29, 0.717) is 0 Å². The molecule has 0 amide bonds. The van der Waals surface area contributed by atoms with Crippen molar-refractivity contribution in [1.82, 2.24) is 5.32 Å². The van der Waals surface area contributed by atoms with E-state index in [1.54, 1.807) is 0 Å². The summed E-state index contributed by atoms with van der Waals surface area (Å²) in [5.41, 5.74) is 2.65. The van der Waals surface area contributed by atoms with E-state index in [-0.39, 0.29) is 0 Å². The van der Waals surface area contributed by atoms with Crippen molar-refractivity contribution in [2.24, 2.45) is 0 Å². The molecule has 1 heteroatoms. The van der Waals surface area contributed by atoms with Gasteiger partial charge in [-0.2, -0.15) is 0 Å². The van der Waals surface area contributed by atoms with E-state index < -0.39 is 0 Å². The number of allylic oxidation sites excluding steroid dienone is 6. The van der Waals surface area contributed by atoms with Crippen LogP contribution in [0.4, 0.5) is 0 Å². The van der Waals surface area contributed by atoms with Crippen LogP contribution in [0.3, 0.4) is 0 Å². The molecule has 0 aliphatic heterocycles. The second kappa shape index (κ2) is 6.95. The Balaban J connectivity index is 2.64. The minimum atomic E-state index is 0.954. The zero-order chi connectivity index (χ0) is 10.9. The molecule has 0 aromatic carbocycles. The first-order chi connectivity index (χ1) is 7.36. The summed E-state index contributed by atoms with van der Waals surface area (Å²) >= 11 is 0. The highest BCUT2D eigenvalue weighted by Crippen LogP contribution is 2.14. The van der Waals surface area contributed by atoms with E-state index in [2.05, 4.69) is 48.5 Å². The maximum Gasteiger partial charge on any atom is 0.0116 e. The van der Waals surface area contributed by atoms with Crippen LogP contribution in [0, 0.1) is 12.0 Å². The normalized spacial score (nSPS) is 18.8. The largest absolute Gasteiger partial charge is 0.349 e. The first kappa shape index (κ1) is 11.7. The second-order valence-corrected chi connectivity index (χ2v) is 3.60. The smallest absolute Gasteiger partial charge is 0.0116 e. The average Bonchev–Trinajstić information content (AvgIpc) is 2.20. The molecule has 0 aromatic heterocycles. The van der Waals surface area contributed by atoms with Crippen LogP contribution in [0.15, 0.2) is 35.5 Å². The van der Waals surface area contributed by atoms with E-state index in [4.69, 9.17) is 0 Å². The average molecular weight is 201 g/mol. The van der Waals surface area contributed by atoms with Gasteiger partial charge in [-0.15, -0.1) is 0 Å². The summed E-state index contributed by atoms with van der Waals surface area (Å²) in [6.45, 7) is 2.22. The van der Waals surface area contributed by atoms with Crippen LogP contribution in [0.5, 0.6) is 0 Å². The monoisotopic (exact) mass is 201 g/mol. The minimum Gasteiger partial charge on any atom is -0.349 e. The molecular formula is C14H19N. The molecule has 0 saturated heterocycles. The van der Waals surface area contributed by atoms with E-state index >= 15 is 0 Å². The highest BCUT2D eigenvalue weighted by atomic mass is 14.8. The van der Waals surface area contributed by atoms with Crippen molar-refractivity contribution in [2.45, 2.75) is 32.6 Å². The zero-order valence-electron chi connectivity index (χ0n) is 9.64. The van der Waals surface area contributed by atoms with Gasteiger partial charge in [-0.3, -0.25) is 0 Å². The Bertz CT molecular complexity index is 334. The van der Waals surface area contributed by atoms with Gasteiger partial charge in [0.2, 0.25) is 0 Å². The van der Waals surface area contributed by atoms with Crippen LogP contribution < -0.4 is 5.32 Å². The lowest BCUT2D eigenvalue weighted by molar-refractivity contribution is 0.918. The van der Waals surface area contributed by atoms with Gasteiger partial charge < -0.3 is 5.32 Å². The van der Waals surface area contributed by atoms with Gasteiger partial charge >= 0.3 is 0 Å². The molecule has 0 unspecified atom stereocenters. The molecule has 0 spiro atoms. The fraction of sp³-hybridized carbons (Fsp3) is 0.429. The van der Waals surface area contributed by atoms with Crippen LogP contribution in [0.1, 0.15) is 32.6 Å². The summed E-state index contributed by atoms with van der Waals surface area (Å²) in [6, 6.07) is 2.88. The summed E-state index contributed by atoms with van der Waals surface area (Å²) in [5, 5.41) is 2.84. The van der Waals surface area contributed by atoms with Crippen LogP contribution in [-0.4, -0.2) is 7.05 Å². The summed E-state index contributed by atoms with van der Waals surface area (Å²) in [7, 11) is 1.84. The van der Waals surface area contributed by atoms with Crippen molar-refractivity contribution < 1.29 is 0 Å². The maximum absolute atomic E-state index is 3.11. The molecule has 1 N–H and O–H groups in total. The number of rotatable bonds is 2. The van der Waals surface area contributed by atoms with Crippen molar-refractivity contribution >= 4 is 0 Å². The van der Waals surface area contributed by atoms with Crippen molar-refractivity contribution in [2.75, 3.05) is 7.05 Å². The zero-order valence-corrected chi connectivity index (χ0v) is 9.64. The Morgan fingerprint density at radius 3 is 3.00 bits per heavy atom. The molecule has 0 fully saturated rings. The van der Waals surface area contributed by atoms with Crippen LogP contribution in [0.2, 0.25) is 0 Å². The third-order valence-electron chi connectivity index (χ3n) is 2.30. The summed E-state index contributed by atoms with van der Waals surface area (Å²) in [5.74, 6) is 3.11. The lowest BCUT2D eigenvalue weighted by Gasteiger charge is -2.03. The Labute approximate surface area is 93.0 Å². The Kier molecular flexibility index (Phi) is 5.40. The fourth-order valence-electron chi connectivity index (χ4n) is 1.56. The van der Waals surface area contributed by atoms with Gasteiger partial charge in [0.1, 0.15) is 0 Å². The van der Waals surface area contributed by atoms with E-state index in [9.17, 15) is 0 Å². The molecule has 0 atom stereocenters. The molecule has 0 radical (unpaired) electrons. The molecule has 15 heavy (non-hydrogen) atoms. The maximum atomic E-state index is 3.11. The van der Waals surface area contributed by atoms with Crippen molar-refractivity contribution in [3.63, 3.8) is 0 Å². The van der Waals surface area contributed by atoms with Crippen molar-refractivity contribution in [3.8, 4) is 12.0 Å². The van der Waals surface area contributed by atoms with Crippen molar-refractivity contribution in [1.29, 1.82) is 0 Å². The van der Waals surface area contributed by atoms with Gasteiger partial charge in [0, 0.05) is 18.7 Å². The highest BCUT2D eigenvalue weighted by Gasteiger charge is 1.96. The van der Waals surface area contributed by atoms with Crippen LogP contribution in [-0.2, 0) is 0 Å². The van der Waals surface area contributed by atoms with Crippen molar-refractivity contribution in [3.05, 3.63) is 35.5 Å². The topological polar surface area (TPSA) is 12.0 Å². The first-order valence-corrected chi connectivity index (χ1v) is 5.59. The lowest BCUT2D eigenvalue weighted by atomic mass is 10.0. The second-order valence-electron chi connectivity index (χ2n) is 3.60. The summed E-state index contributed by atoms with van der Waals surface area (Å²) < 4.78 is 0. The van der Waals surface area contributed by atoms with E-state index in [1.165, 1.54) is 24.0 Å². The summed E-state index contributed by atoms with van der Waals surface area (Å²) in [6.07, 6.45) is 13.3. The quantitative estimate of drug-likeness (QED) is 0.534. The molecule has 0 aromatic rings. The number of hydrogen-bond acceptors (Lipinski definition) is 1. The van der Waals surface area contributed by atoms with Gasteiger partial charge in [0.15, 0.2) is 0 Å². The third kappa shape index (κ3) is 4.56. The molecular weight excluding hydrogens is 182 g/mol. The lowest BCUT2D eigenvalue weighted by Crippen LogP contribution is -1.93. The third-order valence-corrected chi connectivity index (χ3v) is 2.30. The molecule has 0 saturated carbocycles. The van der Waals surface area contributed by atoms with Gasteiger partial charge in [-0.05, 0) is 25.2 Å². The van der Waals surface area contributed by atoms with E-state index in [0.717, 1.165) is 12.8 Å². The highest BCUT2D eigenvalue weighted by molar-refractivity contribution is 5.34. The van der Waals surface area contributed by atoms with Gasteiger partial charge in [-0.1, -0.05) is 43.2 Å². The Hall–Kier alpha value is -1.42. The Morgan fingerprint density at radius 1 is 1.40 bits per heavy atom. The van der Waals surface area contributed by atoms with Crippen LogP contribution in [0.25, 0.3) is 0 Å². The van der Waals surface area contributed by atoms with Crippen LogP contribution >= 0.6 is 0 Å². The molecule has 1 nitrogen and oxygen atoms in total. The fourth-order valence-corrected chi connectivity index (χ4v) is 1.56. The van der Waals surface area contributed by atoms with Gasteiger partial charge in [-0.25, -0.2) is 0 Å². The number of nitrogens with one attached hydrogen (secondary N) is 1. The molecule has 1 rings (SSSR count). The molecule has 0 bridgehead atoms. The first-order valence-electron chi connectivity index (χ1n) is 5.59. The molecule has 1 aliphatic carbocycles. The predicted octanol–water partition coefficient (Wildman–Crippen LogP) is 3.17. The Morgan fingerprint density at radius 2 is 2.27 bits per heavy atom. The standard InChI is InChI=1S/C14H19N/c1-3-6-13-7-4-9-14(10-5-8-13)11-12-15-2/h4,7-8,10,15H,3,5-6,9H2,1-2H3/b7-4?,13-8?,14-10+. The number of hydrogen-bond donors (Lipinski definition) is 1. The summed E-state index contributed by atoms with van der Waals surface area (Å²) in [4.78, 5) is 0. The molecule has 1 aliphatic rings. The van der Waals surface area contributed by atoms with Gasteiger partial charge in [0.25, 0.3) is 0 Å².